The van der Waals surface area contributed by atoms with Gasteiger partial charge in [0.1, 0.15) is 5.60 Å². The van der Waals surface area contributed by atoms with Crippen LogP contribution in [-0.2, 0) is 10.2 Å². The molecular weight excluding hydrogens is 238 g/mol. The van der Waals surface area contributed by atoms with Gasteiger partial charge in [0.25, 0.3) is 0 Å². The van der Waals surface area contributed by atoms with E-state index in [1.54, 1.807) is 4.90 Å². The quantitative estimate of drug-likeness (QED) is 0.705. The summed E-state index contributed by atoms with van der Waals surface area (Å²) in [6.45, 7) is 12.7. The van der Waals surface area contributed by atoms with Gasteiger partial charge in [-0.15, -0.1) is 0 Å². The number of anilines is 1. The molecular formula is C16H23NO2. The van der Waals surface area contributed by atoms with Crippen LogP contribution in [0.15, 0.2) is 18.2 Å². The molecule has 3 nitrogen and oxygen atoms in total. The molecule has 2 rings (SSSR count). The number of aryl methyl sites for hydroxylation is 1. The minimum absolute atomic E-state index is 0.0278. The predicted molar refractivity (Wildman–Crippen MR) is 77.8 cm³/mol. The molecule has 1 amide bonds. The van der Waals surface area contributed by atoms with Crippen LogP contribution in [0.2, 0.25) is 0 Å². The van der Waals surface area contributed by atoms with E-state index in [4.69, 9.17) is 4.74 Å². The first-order chi connectivity index (χ1) is 8.60. The molecule has 0 saturated carbocycles. The van der Waals surface area contributed by atoms with E-state index in [1.807, 2.05) is 27.7 Å². The van der Waals surface area contributed by atoms with E-state index in [0.29, 0.717) is 6.54 Å². The van der Waals surface area contributed by atoms with Gasteiger partial charge in [0.05, 0.1) is 5.69 Å². The molecule has 19 heavy (non-hydrogen) atoms. The highest BCUT2D eigenvalue weighted by molar-refractivity contribution is 5.91. The normalized spacial score (nSPS) is 17.3. The van der Waals surface area contributed by atoms with Gasteiger partial charge in [0.15, 0.2) is 0 Å². The Kier molecular flexibility index (Phi) is 3.12. The number of hydrogen-bond donors (Lipinski definition) is 0. The summed E-state index contributed by atoms with van der Waals surface area (Å²) in [5, 5.41) is 0. The number of carbonyl (C=O) groups excluding carboxylic acids is 1. The third-order valence-corrected chi connectivity index (χ3v) is 3.34. The molecule has 1 aromatic carbocycles. The van der Waals surface area contributed by atoms with Crippen LogP contribution in [0.5, 0.6) is 0 Å². The molecule has 0 bridgehead atoms. The zero-order valence-corrected chi connectivity index (χ0v) is 12.7. The van der Waals surface area contributed by atoms with Crippen molar-refractivity contribution < 1.29 is 9.53 Å². The monoisotopic (exact) mass is 261 g/mol. The fraction of sp³-hybridized carbons (Fsp3) is 0.562. The average molecular weight is 261 g/mol. The number of benzene rings is 1. The Morgan fingerprint density at radius 2 is 1.95 bits per heavy atom. The highest BCUT2D eigenvalue weighted by Crippen LogP contribution is 2.41. The molecule has 0 aliphatic carbocycles. The third-order valence-electron chi connectivity index (χ3n) is 3.34. The summed E-state index contributed by atoms with van der Waals surface area (Å²) < 4.78 is 5.50. The lowest BCUT2D eigenvalue weighted by Gasteiger charge is -2.26. The molecule has 104 valence electrons. The maximum absolute atomic E-state index is 12.3. The van der Waals surface area contributed by atoms with Gasteiger partial charge in [0, 0.05) is 12.0 Å². The standard InChI is InChI=1S/C16H23NO2/c1-11-7-8-12-13(9-11)17(10-16(12,5)6)14(18)19-15(2,3)4/h7-9H,10H2,1-6H3. The van der Waals surface area contributed by atoms with Crippen molar-refractivity contribution in [2.75, 3.05) is 11.4 Å². The van der Waals surface area contributed by atoms with Crippen molar-refractivity contribution in [3.63, 3.8) is 0 Å². The molecule has 0 unspecified atom stereocenters. The smallest absolute Gasteiger partial charge is 0.414 e. The average Bonchev–Trinajstić information content (AvgIpc) is 2.48. The summed E-state index contributed by atoms with van der Waals surface area (Å²) in [6, 6.07) is 6.28. The fourth-order valence-corrected chi connectivity index (χ4v) is 2.48. The van der Waals surface area contributed by atoms with E-state index in [1.165, 1.54) is 5.56 Å². The minimum Gasteiger partial charge on any atom is -0.443 e. The van der Waals surface area contributed by atoms with E-state index >= 15 is 0 Å². The molecule has 0 N–H and O–H groups in total. The van der Waals surface area contributed by atoms with Crippen LogP contribution >= 0.6 is 0 Å². The zero-order chi connectivity index (χ0) is 14.4. The Morgan fingerprint density at radius 3 is 2.53 bits per heavy atom. The van der Waals surface area contributed by atoms with E-state index in [0.717, 1.165) is 11.3 Å². The lowest BCUT2D eigenvalue weighted by atomic mass is 9.87. The molecule has 0 saturated heterocycles. The van der Waals surface area contributed by atoms with Gasteiger partial charge >= 0.3 is 6.09 Å². The Bertz CT molecular complexity index is 512. The molecule has 1 heterocycles. The Labute approximate surface area is 115 Å². The van der Waals surface area contributed by atoms with Crippen LogP contribution in [0, 0.1) is 6.92 Å². The molecule has 1 aromatic rings. The van der Waals surface area contributed by atoms with Crippen molar-refractivity contribution in [1.29, 1.82) is 0 Å². The molecule has 1 aliphatic rings. The largest absolute Gasteiger partial charge is 0.443 e. The van der Waals surface area contributed by atoms with Crippen molar-refractivity contribution in [2.24, 2.45) is 0 Å². The number of carbonyl (C=O) groups is 1. The Hall–Kier alpha value is -1.51. The van der Waals surface area contributed by atoms with E-state index < -0.39 is 5.60 Å². The summed E-state index contributed by atoms with van der Waals surface area (Å²) in [7, 11) is 0. The van der Waals surface area contributed by atoms with Crippen LogP contribution in [0.1, 0.15) is 45.7 Å². The van der Waals surface area contributed by atoms with Crippen LogP contribution in [0.25, 0.3) is 0 Å². The van der Waals surface area contributed by atoms with Crippen molar-refractivity contribution in [1.82, 2.24) is 0 Å². The number of rotatable bonds is 0. The topological polar surface area (TPSA) is 29.5 Å². The molecule has 0 fully saturated rings. The summed E-state index contributed by atoms with van der Waals surface area (Å²) in [5.74, 6) is 0. The number of fused-ring (bicyclic) bond motifs is 1. The second-order valence-electron chi connectivity index (χ2n) is 6.97. The predicted octanol–water partition coefficient (Wildman–Crippen LogP) is 4.03. The lowest BCUT2D eigenvalue weighted by molar-refractivity contribution is 0.0579. The van der Waals surface area contributed by atoms with Crippen molar-refractivity contribution in [3.05, 3.63) is 29.3 Å². The maximum Gasteiger partial charge on any atom is 0.414 e. The lowest BCUT2D eigenvalue weighted by Crippen LogP contribution is -2.38. The second-order valence-corrected chi connectivity index (χ2v) is 6.97. The van der Waals surface area contributed by atoms with Gasteiger partial charge in [-0.25, -0.2) is 4.79 Å². The first kappa shape index (κ1) is 13.9. The summed E-state index contributed by atoms with van der Waals surface area (Å²) >= 11 is 0. The molecule has 0 radical (unpaired) electrons. The highest BCUT2D eigenvalue weighted by Gasteiger charge is 2.39. The van der Waals surface area contributed by atoms with Gasteiger partial charge in [-0.1, -0.05) is 26.0 Å². The van der Waals surface area contributed by atoms with E-state index in [-0.39, 0.29) is 11.5 Å². The van der Waals surface area contributed by atoms with E-state index in [2.05, 4.69) is 32.0 Å². The van der Waals surface area contributed by atoms with Gasteiger partial charge in [-0.3, -0.25) is 4.90 Å². The van der Waals surface area contributed by atoms with Crippen molar-refractivity contribution >= 4 is 11.8 Å². The Morgan fingerprint density at radius 1 is 1.32 bits per heavy atom. The van der Waals surface area contributed by atoms with E-state index in [9.17, 15) is 4.79 Å². The summed E-state index contributed by atoms with van der Waals surface area (Å²) in [6.07, 6.45) is -0.259. The molecule has 0 spiro atoms. The maximum atomic E-state index is 12.3. The van der Waals surface area contributed by atoms with Crippen LogP contribution in [0.4, 0.5) is 10.5 Å². The first-order valence-corrected chi connectivity index (χ1v) is 6.72. The van der Waals surface area contributed by atoms with Gasteiger partial charge < -0.3 is 4.74 Å². The number of hydrogen-bond acceptors (Lipinski definition) is 2. The number of amides is 1. The fourth-order valence-electron chi connectivity index (χ4n) is 2.48. The number of ether oxygens (including phenoxy) is 1. The van der Waals surface area contributed by atoms with Crippen LogP contribution in [-0.4, -0.2) is 18.2 Å². The molecule has 1 aliphatic heterocycles. The molecule has 0 aromatic heterocycles. The van der Waals surface area contributed by atoms with Gasteiger partial charge in [-0.05, 0) is 44.9 Å². The highest BCUT2D eigenvalue weighted by atomic mass is 16.6. The van der Waals surface area contributed by atoms with Crippen LogP contribution < -0.4 is 4.90 Å². The minimum atomic E-state index is -0.464. The molecule has 3 heteroatoms. The van der Waals surface area contributed by atoms with Gasteiger partial charge in [-0.2, -0.15) is 0 Å². The number of nitrogens with zero attached hydrogens (tertiary/aromatic N) is 1. The summed E-state index contributed by atoms with van der Waals surface area (Å²) in [4.78, 5) is 14.1. The van der Waals surface area contributed by atoms with Crippen molar-refractivity contribution in [3.8, 4) is 0 Å². The second kappa shape index (κ2) is 4.26. The molecule has 0 atom stereocenters. The SMILES string of the molecule is Cc1ccc2c(c1)N(C(=O)OC(C)(C)C)CC2(C)C. The third kappa shape index (κ3) is 2.75. The van der Waals surface area contributed by atoms with Crippen LogP contribution in [0.3, 0.4) is 0 Å². The van der Waals surface area contributed by atoms with Gasteiger partial charge in [0.2, 0.25) is 0 Å². The summed E-state index contributed by atoms with van der Waals surface area (Å²) in [5.41, 5.74) is 2.86. The Balaban J connectivity index is 2.36. The zero-order valence-electron chi connectivity index (χ0n) is 12.7. The van der Waals surface area contributed by atoms with Crippen molar-refractivity contribution in [2.45, 2.75) is 52.6 Å². The first-order valence-electron chi connectivity index (χ1n) is 6.72.